The molecule has 0 unspecified atom stereocenters. The van der Waals surface area contributed by atoms with Crippen molar-refractivity contribution in [1.29, 1.82) is 0 Å². The van der Waals surface area contributed by atoms with Crippen molar-refractivity contribution in [3.63, 3.8) is 0 Å². The Bertz CT molecular complexity index is 1430. The van der Waals surface area contributed by atoms with Crippen LogP contribution in [0.2, 0.25) is 0 Å². The summed E-state index contributed by atoms with van der Waals surface area (Å²) in [5.74, 6) is -0.301. The van der Waals surface area contributed by atoms with Crippen molar-refractivity contribution in [2.24, 2.45) is 0 Å². The third-order valence-corrected chi connectivity index (χ3v) is 6.64. The highest BCUT2D eigenvalue weighted by Crippen LogP contribution is 2.34. The molecule has 2 amide bonds. The SMILES string of the molecule is O=C(COc1ccccc1)NCc1nnc(SCC(=O)Nc2ccccc2C(F)(F)F)n1-c1ccc(Br)cc1. The van der Waals surface area contributed by atoms with E-state index in [4.69, 9.17) is 4.74 Å². The Morgan fingerprint density at radius 3 is 2.33 bits per heavy atom. The summed E-state index contributed by atoms with van der Waals surface area (Å²) in [7, 11) is 0. The van der Waals surface area contributed by atoms with Crippen LogP contribution in [0.1, 0.15) is 11.4 Å². The first-order valence-corrected chi connectivity index (χ1v) is 13.2. The van der Waals surface area contributed by atoms with E-state index >= 15 is 0 Å². The molecule has 1 aromatic heterocycles. The highest BCUT2D eigenvalue weighted by atomic mass is 79.9. The van der Waals surface area contributed by atoms with E-state index in [9.17, 15) is 22.8 Å². The summed E-state index contributed by atoms with van der Waals surface area (Å²) in [6.45, 7) is -0.177. The smallest absolute Gasteiger partial charge is 0.418 e. The van der Waals surface area contributed by atoms with Crippen LogP contribution in [-0.2, 0) is 22.3 Å². The molecule has 0 saturated carbocycles. The first kappa shape index (κ1) is 28.2. The molecule has 4 rings (SSSR count). The maximum Gasteiger partial charge on any atom is 0.418 e. The summed E-state index contributed by atoms with van der Waals surface area (Å²) < 4.78 is 47.7. The number of thioether (sulfide) groups is 1. The van der Waals surface area contributed by atoms with Crippen molar-refractivity contribution < 1.29 is 27.5 Å². The van der Waals surface area contributed by atoms with Gasteiger partial charge in [0.2, 0.25) is 5.91 Å². The molecule has 0 aliphatic heterocycles. The number of carbonyl (C=O) groups excluding carboxylic acids is 2. The molecule has 202 valence electrons. The van der Waals surface area contributed by atoms with Gasteiger partial charge in [-0.15, -0.1) is 10.2 Å². The average Bonchev–Trinajstić information content (AvgIpc) is 3.33. The fourth-order valence-electron chi connectivity index (χ4n) is 3.41. The second-order valence-corrected chi connectivity index (χ2v) is 9.83. The number of alkyl halides is 3. The van der Waals surface area contributed by atoms with E-state index in [-0.39, 0.29) is 30.5 Å². The normalized spacial score (nSPS) is 11.2. The Morgan fingerprint density at radius 2 is 1.62 bits per heavy atom. The first-order chi connectivity index (χ1) is 18.7. The van der Waals surface area contributed by atoms with E-state index in [2.05, 4.69) is 36.8 Å². The molecule has 13 heteroatoms. The lowest BCUT2D eigenvalue weighted by Gasteiger charge is -2.14. The number of halogens is 4. The van der Waals surface area contributed by atoms with Gasteiger partial charge in [0.15, 0.2) is 17.6 Å². The predicted molar refractivity (Wildman–Crippen MR) is 144 cm³/mol. The van der Waals surface area contributed by atoms with Gasteiger partial charge < -0.3 is 15.4 Å². The van der Waals surface area contributed by atoms with Crippen LogP contribution in [0.5, 0.6) is 5.75 Å². The molecule has 0 radical (unpaired) electrons. The summed E-state index contributed by atoms with van der Waals surface area (Å²) in [6, 6.07) is 20.8. The number of para-hydroxylation sites is 2. The number of hydrogen-bond donors (Lipinski definition) is 2. The molecular formula is C26H21BrF3N5O3S. The van der Waals surface area contributed by atoms with Crippen LogP contribution < -0.4 is 15.4 Å². The number of ether oxygens (including phenoxy) is 1. The minimum absolute atomic E-state index is 0.0196. The molecule has 4 aromatic rings. The average molecular weight is 620 g/mol. The number of carbonyl (C=O) groups is 2. The Kier molecular flexibility index (Phi) is 9.25. The van der Waals surface area contributed by atoms with Gasteiger partial charge in [-0.25, -0.2) is 0 Å². The van der Waals surface area contributed by atoms with Gasteiger partial charge in [-0.1, -0.05) is 58.0 Å². The zero-order valence-corrected chi connectivity index (χ0v) is 22.5. The number of rotatable bonds is 10. The number of nitrogens with one attached hydrogen (secondary N) is 2. The number of amides is 2. The fraction of sp³-hybridized carbons (Fsp3) is 0.154. The highest BCUT2D eigenvalue weighted by Gasteiger charge is 2.33. The van der Waals surface area contributed by atoms with Crippen molar-refractivity contribution in [1.82, 2.24) is 20.1 Å². The second kappa shape index (κ2) is 12.8. The number of benzene rings is 3. The van der Waals surface area contributed by atoms with Gasteiger partial charge in [0.1, 0.15) is 5.75 Å². The Morgan fingerprint density at radius 1 is 0.923 bits per heavy atom. The van der Waals surface area contributed by atoms with E-state index in [1.807, 2.05) is 6.07 Å². The minimum atomic E-state index is -4.61. The van der Waals surface area contributed by atoms with Crippen LogP contribution in [0.15, 0.2) is 88.5 Å². The molecule has 0 spiro atoms. The summed E-state index contributed by atoms with van der Waals surface area (Å²) in [6.07, 6.45) is -4.61. The van der Waals surface area contributed by atoms with Crippen molar-refractivity contribution in [2.45, 2.75) is 17.9 Å². The highest BCUT2D eigenvalue weighted by molar-refractivity contribution is 9.10. The molecule has 0 bridgehead atoms. The number of hydrogen-bond acceptors (Lipinski definition) is 6. The topological polar surface area (TPSA) is 98.1 Å². The van der Waals surface area contributed by atoms with Gasteiger partial charge in [-0.3, -0.25) is 14.2 Å². The molecule has 0 aliphatic carbocycles. The molecule has 8 nitrogen and oxygen atoms in total. The molecular weight excluding hydrogens is 599 g/mol. The molecule has 0 aliphatic rings. The van der Waals surface area contributed by atoms with Crippen molar-refractivity contribution in [2.75, 3.05) is 17.7 Å². The van der Waals surface area contributed by atoms with Crippen LogP contribution in [0.3, 0.4) is 0 Å². The molecule has 0 saturated heterocycles. The van der Waals surface area contributed by atoms with Gasteiger partial charge in [0, 0.05) is 10.2 Å². The molecule has 3 aromatic carbocycles. The van der Waals surface area contributed by atoms with Gasteiger partial charge in [0.25, 0.3) is 5.91 Å². The molecule has 2 N–H and O–H groups in total. The number of anilines is 1. The van der Waals surface area contributed by atoms with E-state index < -0.39 is 17.6 Å². The van der Waals surface area contributed by atoms with Crippen molar-refractivity contribution >= 4 is 45.2 Å². The fourth-order valence-corrected chi connectivity index (χ4v) is 4.44. The lowest BCUT2D eigenvalue weighted by Crippen LogP contribution is -2.29. The van der Waals surface area contributed by atoms with E-state index in [1.54, 1.807) is 53.1 Å². The maximum absolute atomic E-state index is 13.3. The summed E-state index contributed by atoms with van der Waals surface area (Å²) in [5, 5.41) is 13.7. The number of aromatic nitrogens is 3. The quantitative estimate of drug-likeness (QED) is 0.228. The summed E-state index contributed by atoms with van der Waals surface area (Å²) >= 11 is 4.38. The van der Waals surface area contributed by atoms with Gasteiger partial charge in [0.05, 0.1) is 23.5 Å². The standard InChI is InChI=1S/C26H21BrF3N5O3S/c27-17-10-12-18(13-11-17)35-22(14-31-23(36)15-38-19-6-2-1-3-7-19)33-34-25(35)39-16-24(37)32-21-9-5-4-8-20(21)26(28,29)30/h1-13H,14-16H2,(H,31,36)(H,32,37). The van der Waals surface area contributed by atoms with Gasteiger partial charge in [-0.2, -0.15) is 13.2 Å². The summed E-state index contributed by atoms with van der Waals surface area (Å²) in [5.41, 5.74) is -0.597. The number of nitrogens with zero attached hydrogens (tertiary/aromatic N) is 3. The molecule has 0 fully saturated rings. The van der Waals surface area contributed by atoms with E-state index in [0.29, 0.717) is 22.4 Å². The minimum Gasteiger partial charge on any atom is -0.484 e. The Balaban J connectivity index is 1.44. The Labute approximate surface area is 234 Å². The third kappa shape index (κ3) is 7.83. The van der Waals surface area contributed by atoms with Gasteiger partial charge >= 0.3 is 6.18 Å². The van der Waals surface area contributed by atoms with E-state index in [1.165, 1.54) is 18.2 Å². The second-order valence-electron chi connectivity index (χ2n) is 7.97. The zero-order valence-electron chi connectivity index (χ0n) is 20.1. The first-order valence-electron chi connectivity index (χ1n) is 11.4. The lowest BCUT2D eigenvalue weighted by molar-refractivity contribution is -0.137. The Hall–Kier alpha value is -3.84. The monoisotopic (exact) mass is 619 g/mol. The zero-order chi connectivity index (χ0) is 27.8. The van der Waals surface area contributed by atoms with Crippen molar-refractivity contribution in [3.05, 3.63) is 94.7 Å². The van der Waals surface area contributed by atoms with Gasteiger partial charge in [-0.05, 0) is 48.5 Å². The molecule has 0 atom stereocenters. The van der Waals surface area contributed by atoms with Crippen LogP contribution in [0.4, 0.5) is 18.9 Å². The van der Waals surface area contributed by atoms with Crippen LogP contribution in [0.25, 0.3) is 5.69 Å². The van der Waals surface area contributed by atoms with E-state index in [0.717, 1.165) is 22.3 Å². The third-order valence-electron chi connectivity index (χ3n) is 5.18. The van der Waals surface area contributed by atoms with Crippen molar-refractivity contribution in [3.8, 4) is 11.4 Å². The lowest BCUT2D eigenvalue weighted by atomic mass is 10.1. The van der Waals surface area contributed by atoms with Crippen LogP contribution in [-0.4, -0.2) is 38.9 Å². The predicted octanol–water partition coefficient (Wildman–Crippen LogP) is 5.47. The van der Waals surface area contributed by atoms with Crippen LogP contribution >= 0.6 is 27.7 Å². The van der Waals surface area contributed by atoms with Crippen LogP contribution in [0, 0.1) is 0 Å². The maximum atomic E-state index is 13.3. The summed E-state index contributed by atoms with van der Waals surface area (Å²) in [4.78, 5) is 24.9. The molecule has 1 heterocycles. The molecule has 39 heavy (non-hydrogen) atoms. The largest absolute Gasteiger partial charge is 0.484 e.